The van der Waals surface area contributed by atoms with Crippen molar-refractivity contribution in [2.75, 3.05) is 6.54 Å². The van der Waals surface area contributed by atoms with E-state index in [9.17, 15) is 8.42 Å². The molecule has 0 saturated carbocycles. The van der Waals surface area contributed by atoms with Crippen molar-refractivity contribution in [2.24, 2.45) is 0 Å². The lowest BCUT2D eigenvalue weighted by atomic mass is 9.99. The number of fused-ring (bicyclic) bond motifs is 1. The quantitative estimate of drug-likeness (QED) is 0.746. The van der Waals surface area contributed by atoms with Gasteiger partial charge in [0.25, 0.3) is 0 Å². The smallest absolute Gasteiger partial charge is 0.207 e. The van der Waals surface area contributed by atoms with E-state index in [1.807, 2.05) is 37.3 Å². The zero-order chi connectivity index (χ0) is 17.9. The molecular formula is C21H25NO2S. The number of aryl methyl sites for hydroxylation is 2. The van der Waals surface area contributed by atoms with Gasteiger partial charge in [0, 0.05) is 13.1 Å². The van der Waals surface area contributed by atoms with Gasteiger partial charge in [0.2, 0.25) is 10.0 Å². The molecule has 0 amide bonds. The van der Waals surface area contributed by atoms with Gasteiger partial charge in [0.15, 0.2) is 0 Å². The Morgan fingerprint density at radius 2 is 1.56 bits per heavy atom. The number of rotatable bonds is 2. The lowest BCUT2D eigenvalue weighted by Gasteiger charge is -2.24. The third kappa shape index (κ3) is 4.20. The van der Waals surface area contributed by atoms with Crippen molar-refractivity contribution < 1.29 is 8.42 Å². The predicted molar refractivity (Wildman–Crippen MR) is 102 cm³/mol. The molecule has 0 spiro atoms. The van der Waals surface area contributed by atoms with Crippen LogP contribution >= 0.6 is 0 Å². The molecule has 1 aliphatic heterocycles. The van der Waals surface area contributed by atoms with Crippen LogP contribution in [0.4, 0.5) is 0 Å². The van der Waals surface area contributed by atoms with Gasteiger partial charge >= 0.3 is 0 Å². The molecule has 4 heteroatoms. The fourth-order valence-electron chi connectivity index (χ4n) is 3.17. The van der Waals surface area contributed by atoms with Gasteiger partial charge in [-0.25, -0.2) is 8.42 Å². The van der Waals surface area contributed by atoms with E-state index in [1.165, 1.54) is 11.1 Å². The molecule has 0 saturated heterocycles. The Hall–Kier alpha value is -1.91. The first-order valence-corrected chi connectivity index (χ1v) is 10.2. The van der Waals surface area contributed by atoms with E-state index in [-0.39, 0.29) is 0 Å². The van der Waals surface area contributed by atoms with Crippen LogP contribution in [0.15, 0.2) is 65.1 Å². The zero-order valence-corrected chi connectivity index (χ0v) is 15.7. The summed E-state index contributed by atoms with van der Waals surface area (Å²) in [6.07, 6.45) is 5.15. The maximum Gasteiger partial charge on any atom is 0.243 e. The van der Waals surface area contributed by atoms with Crippen LogP contribution in [0.5, 0.6) is 0 Å². The van der Waals surface area contributed by atoms with Crippen molar-refractivity contribution in [1.29, 1.82) is 0 Å². The summed E-state index contributed by atoms with van der Waals surface area (Å²) in [5.74, 6) is 0. The third-order valence-electron chi connectivity index (χ3n) is 4.78. The molecule has 132 valence electrons. The van der Waals surface area contributed by atoms with E-state index in [4.69, 9.17) is 0 Å². The number of hydrogen-bond acceptors (Lipinski definition) is 2. The SMILES string of the molecule is C/C1=C\CN(S(=O)(=O)c2ccc(C)cc2)Cc2ccccc2CCC1. The van der Waals surface area contributed by atoms with Gasteiger partial charge in [-0.05, 0) is 56.4 Å². The molecular weight excluding hydrogens is 330 g/mol. The van der Waals surface area contributed by atoms with Crippen molar-refractivity contribution >= 4 is 10.0 Å². The number of allylic oxidation sites excluding steroid dienone is 1. The first-order valence-electron chi connectivity index (χ1n) is 8.76. The second-order valence-corrected chi connectivity index (χ2v) is 8.72. The van der Waals surface area contributed by atoms with Crippen molar-refractivity contribution in [3.8, 4) is 0 Å². The predicted octanol–water partition coefficient (Wildman–Crippen LogP) is 4.47. The standard InChI is InChI=1S/C21H25NO2S/c1-17-6-5-9-19-7-3-4-8-20(19)16-22(15-14-17)25(23,24)21-12-10-18(2)11-13-21/h3-4,7-8,10-14H,5-6,9,15-16H2,1-2H3/b17-14+. The Morgan fingerprint density at radius 1 is 0.880 bits per heavy atom. The summed E-state index contributed by atoms with van der Waals surface area (Å²) in [4.78, 5) is 0.360. The van der Waals surface area contributed by atoms with E-state index < -0.39 is 10.0 Å². The normalized spacial score (nSPS) is 18.9. The van der Waals surface area contributed by atoms with E-state index in [1.54, 1.807) is 16.4 Å². The summed E-state index contributed by atoms with van der Waals surface area (Å²) in [6, 6.07) is 15.3. The molecule has 0 unspecified atom stereocenters. The topological polar surface area (TPSA) is 37.4 Å². The Morgan fingerprint density at radius 3 is 2.28 bits per heavy atom. The monoisotopic (exact) mass is 355 g/mol. The highest BCUT2D eigenvalue weighted by molar-refractivity contribution is 7.89. The minimum absolute atomic E-state index is 0.360. The average Bonchev–Trinajstić information content (AvgIpc) is 2.60. The van der Waals surface area contributed by atoms with Gasteiger partial charge < -0.3 is 0 Å². The molecule has 0 aromatic heterocycles. The summed E-state index contributed by atoms with van der Waals surface area (Å²) >= 11 is 0. The lowest BCUT2D eigenvalue weighted by molar-refractivity contribution is 0.434. The Kier molecular flexibility index (Phi) is 5.40. The molecule has 0 radical (unpaired) electrons. The second kappa shape index (κ2) is 7.54. The molecule has 0 N–H and O–H groups in total. The van der Waals surface area contributed by atoms with E-state index in [2.05, 4.69) is 19.1 Å². The van der Waals surface area contributed by atoms with Gasteiger partial charge in [-0.2, -0.15) is 4.31 Å². The van der Waals surface area contributed by atoms with Crippen molar-refractivity contribution in [1.82, 2.24) is 4.31 Å². The molecule has 2 aromatic carbocycles. The number of sulfonamides is 1. The van der Waals surface area contributed by atoms with E-state index >= 15 is 0 Å². The fourth-order valence-corrected chi connectivity index (χ4v) is 4.53. The summed E-state index contributed by atoms with van der Waals surface area (Å²) < 4.78 is 27.9. The van der Waals surface area contributed by atoms with Gasteiger partial charge in [0.05, 0.1) is 4.90 Å². The van der Waals surface area contributed by atoms with Crippen LogP contribution < -0.4 is 0 Å². The van der Waals surface area contributed by atoms with Crippen LogP contribution in [0.2, 0.25) is 0 Å². The Balaban J connectivity index is 2.00. The van der Waals surface area contributed by atoms with Crippen LogP contribution in [-0.4, -0.2) is 19.3 Å². The van der Waals surface area contributed by atoms with Crippen LogP contribution in [0, 0.1) is 6.92 Å². The molecule has 0 aliphatic carbocycles. The van der Waals surface area contributed by atoms with Crippen molar-refractivity contribution in [3.05, 3.63) is 76.9 Å². The van der Waals surface area contributed by atoms with Crippen molar-refractivity contribution in [2.45, 2.75) is 44.6 Å². The lowest BCUT2D eigenvalue weighted by Crippen LogP contribution is -2.31. The molecule has 25 heavy (non-hydrogen) atoms. The molecule has 1 heterocycles. The summed E-state index contributed by atoms with van der Waals surface area (Å²) in [5.41, 5.74) is 4.66. The molecule has 1 aliphatic rings. The Labute approximate surface area is 151 Å². The molecule has 3 nitrogen and oxygen atoms in total. The molecule has 2 aromatic rings. The second-order valence-electron chi connectivity index (χ2n) is 6.78. The first kappa shape index (κ1) is 17.9. The minimum Gasteiger partial charge on any atom is -0.207 e. The van der Waals surface area contributed by atoms with Crippen LogP contribution in [0.1, 0.15) is 36.5 Å². The number of nitrogens with zero attached hydrogens (tertiary/aromatic N) is 1. The number of benzene rings is 2. The van der Waals surface area contributed by atoms with Gasteiger partial charge in [-0.15, -0.1) is 0 Å². The van der Waals surface area contributed by atoms with Crippen molar-refractivity contribution in [3.63, 3.8) is 0 Å². The maximum atomic E-state index is 13.2. The number of hydrogen-bond donors (Lipinski definition) is 0. The fraction of sp³-hybridized carbons (Fsp3) is 0.333. The molecule has 3 rings (SSSR count). The largest absolute Gasteiger partial charge is 0.243 e. The third-order valence-corrected chi connectivity index (χ3v) is 6.61. The van der Waals surface area contributed by atoms with Gasteiger partial charge in [-0.1, -0.05) is 53.6 Å². The van der Waals surface area contributed by atoms with Gasteiger partial charge in [-0.3, -0.25) is 0 Å². The van der Waals surface area contributed by atoms with E-state index in [0.29, 0.717) is 18.0 Å². The highest BCUT2D eigenvalue weighted by Gasteiger charge is 2.25. The highest BCUT2D eigenvalue weighted by atomic mass is 32.2. The van der Waals surface area contributed by atoms with Crippen LogP contribution in [0.25, 0.3) is 0 Å². The maximum absolute atomic E-state index is 13.2. The summed E-state index contributed by atoms with van der Waals surface area (Å²) in [6.45, 7) is 4.87. The van der Waals surface area contributed by atoms with Gasteiger partial charge in [0.1, 0.15) is 0 Å². The minimum atomic E-state index is -3.52. The molecule has 0 bridgehead atoms. The van der Waals surface area contributed by atoms with Crippen LogP contribution in [-0.2, 0) is 23.0 Å². The molecule has 0 atom stereocenters. The summed E-state index contributed by atoms with van der Waals surface area (Å²) in [7, 11) is -3.52. The Bertz CT molecular complexity index is 867. The molecule has 0 fully saturated rings. The average molecular weight is 356 g/mol. The summed E-state index contributed by atoms with van der Waals surface area (Å²) in [5, 5.41) is 0. The first-order chi connectivity index (χ1) is 12.0. The zero-order valence-electron chi connectivity index (χ0n) is 14.9. The van der Waals surface area contributed by atoms with Crippen LogP contribution in [0.3, 0.4) is 0 Å². The van der Waals surface area contributed by atoms with E-state index in [0.717, 1.165) is 30.4 Å². The highest BCUT2D eigenvalue weighted by Crippen LogP contribution is 2.23.